The molecule has 2 heterocycles. The van der Waals surface area contributed by atoms with Crippen molar-refractivity contribution in [3.8, 4) is 17.1 Å². The number of hydrogen-bond donors (Lipinski definition) is 2. The van der Waals surface area contributed by atoms with Crippen molar-refractivity contribution >= 4 is 11.2 Å². The summed E-state index contributed by atoms with van der Waals surface area (Å²) in [6.45, 7) is 1.93. The number of aromatic amines is 1. The lowest BCUT2D eigenvalue weighted by Gasteiger charge is -2.01. The molecule has 0 bridgehead atoms. The number of nitrogens with one attached hydrogen (secondary N) is 1. The minimum atomic E-state index is 0.226. The fourth-order valence-corrected chi connectivity index (χ4v) is 1.81. The van der Waals surface area contributed by atoms with Crippen LogP contribution in [0, 0.1) is 6.92 Å². The van der Waals surface area contributed by atoms with Gasteiger partial charge in [0.05, 0.1) is 11.1 Å². The van der Waals surface area contributed by atoms with E-state index >= 15 is 0 Å². The zero-order valence-corrected chi connectivity index (χ0v) is 9.31. The third kappa shape index (κ3) is 1.63. The van der Waals surface area contributed by atoms with E-state index < -0.39 is 0 Å². The second-order valence-electron chi connectivity index (χ2n) is 3.98. The summed E-state index contributed by atoms with van der Waals surface area (Å²) in [5.41, 5.74) is 3.22. The summed E-state index contributed by atoms with van der Waals surface area (Å²) < 4.78 is 0. The van der Waals surface area contributed by atoms with E-state index in [1.54, 1.807) is 12.3 Å². The van der Waals surface area contributed by atoms with Gasteiger partial charge >= 0.3 is 0 Å². The predicted octanol–water partition coefficient (Wildman–Crippen LogP) is 2.64. The maximum Gasteiger partial charge on any atom is 0.178 e. The quantitative estimate of drug-likeness (QED) is 0.669. The smallest absolute Gasteiger partial charge is 0.178 e. The number of benzene rings is 1. The summed E-state index contributed by atoms with van der Waals surface area (Å²) in [6.07, 6.45) is 1.70. The van der Waals surface area contributed by atoms with Crippen LogP contribution in [0.4, 0.5) is 0 Å². The van der Waals surface area contributed by atoms with E-state index in [0.29, 0.717) is 17.0 Å². The lowest BCUT2D eigenvalue weighted by molar-refractivity contribution is 0.476. The highest BCUT2D eigenvalue weighted by Gasteiger charge is 2.09. The van der Waals surface area contributed by atoms with Gasteiger partial charge in [0, 0.05) is 6.20 Å². The van der Waals surface area contributed by atoms with Crippen molar-refractivity contribution in [2.24, 2.45) is 0 Å². The molecular formula is C13H11N3O. The van der Waals surface area contributed by atoms with Crippen molar-refractivity contribution in [3.05, 3.63) is 42.1 Å². The highest BCUT2D eigenvalue weighted by Crippen LogP contribution is 2.28. The third-order valence-electron chi connectivity index (χ3n) is 2.67. The molecule has 0 spiro atoms. The van der Waals surface area contributed by atoms with Crippen LogP contribution in [0.5, 0.6) is 5.75 Å². The third-order valence-corrected chi connectivity index (χ3v) is 2.67. The number of aromatic hydroxyl groups is 1. The first-order valence-electron chi connectivity index (χ1n) is 5.35. The molecule has 2 aromatic heterocycles. The zero-order chi connectivity index (χ0) is 11.8. The monoisotopic (exact) mass is 225 g/mol. The van der Waals surface area contributed by atoms with Crippen molar-refractivity contribution in [1.29, 1.82) is 0 Å². The first-order chi connectivity index (χ1) is 8.24. The van der Waals surface area contributed by atoms with Crippen LogP contribution in [0.25, 0.3) is 22.6 Å². The van der Waals surface area contributed by atoms with Gasteiger partial charge in [-0.25, -0.2) is 9.97 Å². The largest absolute Gasteiger partial charge is 0.507 e. The molecule has 0 radical (unpaired) electrons. The number of aromatic nitrogens is 3. The normalized spacial score (nSPS) is 10.9. The average Bonchev–Trinajstić information content (AvgIpc) is 2.72. The lowest BCUT2D eigenvalue weighted by Crippen LogP contribution is -1.82. The maximum absolute atomic E-state index is 9.89. The van der Waals surface area contributed by atoms with Gasteiger partial charge in [-0.1, -0.05) is 6.07 Å². The summed E-state index contributed by atoms with van der Waals surface area (Å²) in [4.78, 5) is 11.6. The van der Waals surface area contributed by atoms with Crippen molar-refractivity contribution in [2.45, 2.75) is 6.92 Å². The number of hydrogen-bond acceptors (Lipinski definition) is 3. The summed E-state index contributed by atoms with van der Waals surface area (Å²) in [5.74, 6) is 0.861. The van der Waals surface area contributed by atoms with Crippen LogP contribution in [0.3, 0.4) is 0 Å². The highest BCUT2D eigenvalue weighted by molar-refractivity contribution is 5.77. The van der Waals surface area contributed by atoms with Gasteiger partial charge in [-0.15, -0.1) is 0 Å². The van der Waals surface area contributed by atoms with Crippen molar-refractivity contribution in [1.82, 2.24) is 15.0 Å². The zero-order valence-electron chi connectivity index (χ0n) is 9.31. The van der Waals surface area contributed by atoms with Gasteiger partial charge in [0.25, 0.3) is 0 Å². The molecule has 0 atom stereocenters. The molecule has 0 aliphatic rings. The molecule has 4 heteroatoms. The SMILES string of the molecule is Cc1ccc(-c2nc3ncccc3[nH]2)c(O)c1. The van der Waals surface area contributed by atoms with Gasteiger partial charge in [0.15, 0.2) is 5.65 Å². The molecule has 3 rings (SSSR count). The number of pyridine rings is 1. The molecule has 0 saturated carbocycles. The van der Waals surface area contributed by atoms with Gasteiger partial charge in [-0.05, 0) is 36.8 Å². The summed E-state index contributed by atoms with van der Waals surface area (Å²) in [6, 6.07) is 9.26. The van der Waals surface area contributed by atoms with Crippen molar-refractivity contribution < 1.29 is 5.11 Å². The topological polar surface area (TPSA) is 61.8 Å². The Morgan fingerprint density at radius 3 is 2.88 bits per heavy atom. The van der Waals surface area contributed by atoms with Crippen LogP contribution < -0.4 is 0 Å². The van der Waals surface area contributed by atoms with Crippen LogP contribution in [-0.4, -0.2) is 20.1 Å². The Morgan fingerprint density at radius 1 is 1.24 bits per heavy atom. The Hall–Kier alpha value is -2.36. The number of fused-ring (bicyclic) bond motifs is 1. The van der Waals surface area contributed by atoms with E-state index in [1.807, 2.05) is 31.2 Å². The molecular weight excluding hydrogens is 214 g/mol. The van der Waals surface area contributed by atoms with Crippen molar-refractivity contribution in [3.63, 3.8) is 0 Å². The number of phenols is 1. The molecule has 0 amide bonds. The van der Waals surface area contributed by atoms with Crippen LogP contribution in [-0.2, 0) is 0 Å². The molecule has 17 heavy (non-hydrogen) atoms. The number of imidazole rings is 1. The molecule has 84 valence electrons. The number of aryl methyl sites for hydroxylation is 1. The molecule has 0 unspecified atom stereocenters. The standard InChI is InChI=1S/C13H11N3O/c1-8-4-5-9(11(17)7-8)12-15-10-3-2-6-14-13(10)16-12/h2-7,17H,1H3,(H,14,15,16). The van der Waals surface area contributed by atoms with Gasteiger partial charge in [-0.2, -0.15) is 0 Å². The van der Waals surface area contributed by atoms with E-state index in [-0.39, 0.29) is 5.75 Å². The molecule has 1 aromatic carbocycles. The first kappa shape index (κ1) is 9.84. The number of rotatable bonds is 1. The minimum Gasteiger partial charge on any atom is -0.507 e. The molecule has 0 saturated heterocycles. The van der Waals surface area contributed by atoms with Gasteiger partial charge in [0.1, 0.15) is 11.6 Å². The van der Waals surface area contributed by atoms with Gasteiger partial charge in [0.2, 0.25) is 0 Å². The maximum atomic E-state index is 9.89. The Balaban J connectivity index is 2.20. The van der Waals surface area contributed by atoms with E-state index in [9.17, 15) is 5.11 Å². The van der Waals surface area contributed by atoms with E-state index in [4.69, 9.17) is 0 Å². The summed E-state index contributed by atoms with van der Waals surface area (Å²) in [7, 11) is 0. The van der Waals surface area contributed by atoms with E-state index in [2.05, 4.69) is 15.0 Å². The van der Waals surface area contributed by atoms with Crippen LogP contribution >= 0.6 is 0 Å². The molecule has 0 aliphatic heterocycles. The first-order valence-corrected chi connectivity index (χ1v) is 5.35. The Kier molecular flexibility index (Phi) is 2.08. The second-order valence-corrected chi connectivity index (χ2v) is 3.98. The number of phenolic OH excluding ortho intramolecular Hbond substituents is 1. The van der Waals surface area contributed by atoms with Gasteiger partial charge in [-0.3, -0.25) is 0 Å². The van der Waals surface area contributed by atoms with E-state index in [0.717, 1.165) is 11.1 Å². The summed E-state index contributed by atoms with van der Waals surface area (Å²) in [5, 5.41) is 9.89. The molecule has 3 aromatic rings. The molecule has 0 aliphatic carbocycles. The fourth-order valence-electron chi connectivity index (χ4n) is 1.81. The minimum absolute atomic E-state index is 0.226. The van der Waals surface area contributed by atoms with E-state index in [1.165, 1.54) is 0 Å². The van der Waals surface area contributed by atoms with Crippen LogP contribution in [0.15, 0.2) is 36.5 Å². The second kappa shape index (κ2) is 3.59. The van der Waals surface area contributed by atoms with Gasteiger partial charge < -0.3 is 10.1 Å². The predicted molar refractivity (Wildman–Crippen MR) is 65.7 cm³/mol. The Labute approximate surface area is 98.0 Å². The molecule has 2 N–H and O–H groups in total. The lowest BCUT2D eigenvalue weighted by atomic mass is 10.1. The fraction of sp³-hybridized carbons (Fsp3) is 0.0769. The van der Waals surface area contributed by atoms with Crippen molar-refractivity contribution in [2.75, 3.05) is 0 Å². The molecule has 4 nitrogen and oxygen atoms in total. The average molecular weight is 225 g/mol. The Bertz CT molecular complexity index is 655. The van der Waals surface area contributed by atoms with Crippen LogP contribution in [0.1, 0.15) is 5.56 Å². The number of H-pyrrole nitrogens is 1. The molecule has 0 fully saturated rings. The number of nitrogens with zero attached hydrogens (tertiary/aromatic N) is 2. The Morgan fingerprint density at radius 2 is 2.12 bits per heavy atom. The summed E-state index contributed by atoms with van der Waals surface area (Å²) >= 11 is 0. The highest BCUT2D eigenvalue weighted by atomic mass is 16.3. The van der Waals surface area contributed by atoms with Crippen LogP contribution in [0.2, 0.25) is 0 Å².